The molecule has 1 unspecified atom stereocenters. The second kappa shape index (κ2) is 7.30. The van der Waals surface area contributed by atoms with Crippen molar-refractivity contribution in [3.05, 3.63) is 0 Å². The van der Waals surface area contributed by atoms with Crippen LogP contribution in [0, 0.1) is 0 Å². The van der Waals surface area contributed by atoms with Crippen molar-refractivity contribution in [2.24, 2.45) is 5.73 Å². The molecule has 9 nitrogen and oxygen atoms in total. The Morgan fingerprint density at radius 3 is 2.29 bits per heavy atom. The van der Waals surface area contributed by atoms with Gasteiger partial charge in [0.2, 0.25) is 5.78 Å². The smallest absolute Gasteiger partial charge is 0.421 e. The van der Waals surface area contributed by atoms with Crippen LogP contribution in [-0.4, -0.2) is 48.1 Å². The summed E-state index contributed by atoms with van der Waals surface area (Å²) < 4.78 is 4.27. The van der Waals surface area contributed by atoms with E-state index in [-0.39, 0.29) is 0 Å². The summed E-state index contributed by atoms with van der Waals surface area (Å²) in [4.78, 5) is 50.1. The lowest BCUT2D eigenvalue weighted by molar-refractivity contribution is -0.258. The summed E-state index contributed by atoms with van der Waals surface area (Å²) in [6.07, 6.45) is 0. The van der Waals surface area contributed by atoms with Crippen LogP contribution in [-0.2, 0) is 33.7 Å². The van der Waals surface area contributed by atoms with Crippen molar-refractivity contribution in [1.82, 2.24) is 0 Å². The minimum absolute atomic E-state index is 0.646. The van der Waals surface area contributed by atoms with E-state index in [1.807, 2.05) is 0 Å². The largest absolute Gasteiger partial charge is 0.452 e. The number of carbonyl (C=O) groups is 4. The number of hydrogen-bond donors (Lipinski definition) is 2. The first-order valence-corrected chi connectivity index (χ1v) is 4.33. The maximum Gasteiger partial charge on any atom is 0.421 e. The van der Waals surface area contributed by atoms with Crippen molar-refractivity contribution >= 4 is 23.7 Å². The minimum atomic E-state index is -1.36. The van der Waals surface area contributed by atoms with Gasteiger partial charge in [-0.1, -0.05) is 0 Å². The topological polar surface area (TPSA) is 142 Å². The maximum absolute atomic E-state index is 10.8. The molecule has 96 valence electrons. The molecule has 0 spiro atoms. The standard InChI is InChI=1S/C8H11NO8/c1-4(11)7(13)17-16-6(12)3-15-8(14)5(9)2-10/h5,10H,2-3,9H2,1H3. The Hall–Kier alpha value is -2.00. The molecular formula is C8H11NO8. The van der Waals surface area contributed by atoms with Crippen LogP contribution in [0.25, 0.3) is 0 Å². The summed E-state index contributed by atoms with van der Waals surface area (Å²) in [5.74, 6) is -4.56. The number of hydrogen-bond acceptors (Lipinski definition) is 9. The third-order valence-electron chi connectivity index (χ3n) is 1.33. The van der Waals surface area contributed by atoms with Gasteiger partial charge in [-0.05, 0) is 0 Å². The zero-order valence-corrected chi connectivity index (χ0v) is 8.87. The fourth-order valence-electron chi connectivity index (χ4n) is 0.479. The molecule has 0 aliphatic carbocycles. The van der Waals surface area contributed by atoms with E-state index < -0.39 is 42.9 Å². The highest BCUT2D eigenvalue weighted by atomic mass is 17.2. The van der Waals surface area contributed by atoms with Crippen molar-refractivity contribution in [1.29, 1.82) is 0 Å². The van der Waals surface area contributed by atoms with E-state index in [2.05, 4.69) is 14.5 Å². The first-order valence-electron chi connectivity index (χ1n) is 4.33. The van der Waals surface area contributed by atoms with Gasteiger partial charge in [0.25, 0.3) is 0 Å². The van der Waals surface area contributed by atoms with E-state index in [9.17, 15) is 19.2 Å². The van der Waals surface area contributed by atoms with Crippen LogP contribution in [0.4, 0.5) is 0 Å². The predicted molar refractivity (Wildman–Crippen MR) is 48.9 cm³/mol. The van der Waals surface area contributed by atoms with Crippen LogP contribution in [0.5, 0.6) is 0 Å². The monoisotopic (exact) mass is 249 g/mol. The molecule has 1 atom stereocenters. The summed E-state index contributed by atoms with van der Waals surface area (Å²) in [6, 6.07) is -1.28. The molecule has 0 aromatic rings. The first kappa shape index (κ1) is 15.0. The van der Waals surface area contributed by atoms with Crippen molar-refractivity contribution in [3.63, 3.8) is 0 Å². The zero-order chi connectivity index (χ0) is 13.4. The molecule has 3 N–H and O–H groups in total. The summed E-state index contributed by atoms with van der Waals surface area (Å²) >= 11 is 0. The van der Waals surface area contributed by atoms with Crippen molar-refractivity contribution in [3.8, 4) is 0 Å². The van der Waals surface area contributed by atoms with Crippen LogP contribution in [0.15, 0.2) is 0 Å². The van der Waals surface area contributed by atoms with Crippen LogP contribution in [0.1, 0.15) is 6.92 Å². The average molecular weight is 249 g/mol. The lowest BCUT2D eigenvalue weighted by atomic mass is 10.3. The van der Waals surface area contributed by atoms with Crippen LogP contribution >= 0.6 is 0 Å². The Balaban J connectivity index is 3.85. The van der Waals surface area contributed by atoms with Crippen molar-refractivity contribution < 1.29 is 38.8 Å². The molecule has 9 heteroatoms. The highest BCUT2D eigenvalue weighted by molar-refractivity contribution is 6.32. The number of ketones is 1. The quantitative estimate of drug-likeness (QED) is 0.233. The first-order chi connectivity index (χ1) is 7.88. The van der Waals surface area contributed by atoms with E-state index >= 15 is 0 Å². The Morgan fingerprint density at radius 1 is 1.24 bits per heavy atom. The van der Waals surface area contributed by atoms with E-state index in [0.717, 1.165) is 6.92 Å². The molecule has 0 bridgehead atoms. The molecule has 17 heavy (non-hydrogen) atoms. The predicted octanol–water partition coefficient (Wildman–Crippen LogP) is -2.56. The fraction of sp³-hybridized carbons (Fsp3) is 0.500. The molecule has 0 aromatic heterocycles. The highest BCUT2D eigenvalue weighted by Crippen LogP contribution is 1.89. The number of ether oxygens (including phenoxy) is 1. The molecule has 0 rings (SSSR count). The van der Waals surface area contributed by atoms with E-state index in [1.165, 1.54) is 0 Å². The van der Waals surface area contributed by atoms with Crippen LogP contribution < -0.4 is 5.73 Å². The van der Waals surface area contributed by atoms with Gasteiger partial charge in [0.15, 0.2) is 6.61 Å². The van der Waals surface area contributed by atoms with Crippen molar-refractivity contribution in [2.75, 3.05) is 13.2 Å². The Kier molecular flexibility index (Phi) is 6.44. The lowest BCUT2D eigenvalue weighted by Gasteiger charge is -2.07. The summed E-state index contributed by atoms with van der Waals surface area (Å²) in [5.41, 5.74) is 5.06. The van der Waals surface area contributed by atoms with E-state index in [0.29, 0.717) is 0 Å². The molecule has 0 amide bonds. The number of Topliss-reactive ketones (excluding diaryl/α,β-unsaturated/α-hetero) is 1. The van der Waals surface area contributed by atoms with Gasteiger partial charge >= 0.3 is 17.9 Å². The van der Waals surface area contributed by atoms with Gasteiger partial charge in [0.05, 0.1) is 6.61 Å². The number of aliphatic hydroxyl groups excluding tert-OH is 1. The Morgan fingerprint density at radius 2 is 1.82 bits per heavy atom. The number of nitrogens with two attached hydrogens (primary N) is 1. The fourth-order valence-corrected chi connectivity index (χ4v) is 0.479. The average Bonchev–Trinajstić information content (AvgIpc) is 2.31. The molecule has 0 saturated carbocycles. The number of carbonyl (C=O) groups excluding carboxylic acids is 4. The molecule has 0 aromatic carbocycles. The number of aliphatic hydroxyl groups is 1. The van der Waals surface area contributed by atoms with Gasteiger partial charge in [-0.3, -0.25) is 9.59 Å². The normalized spacial score (nSPS) is 11.2. The summed E-state index contributed by atoms with van der Waals surface area (Å²) in [5, 5.41) is 8.46. The minimum Gasteiger partial charge on any atom is -0.452 e. The molecule has 0 fully saturated rings. The zero-order valence-electron chi connectivity index (χ0n) is 8.87. The molecule has 0 saturated heterocycles. The number of rotatable bonds is 5. The molecule has 0 aliphatic rings. The maximum atomic E-state index is 10.8. The van der Waals surface area contributed by atoms with Gasteiger partial charge in [0, 0.05) is 6.92 Å². The van der Waals surface area contributed by atoms with Gasteiger partial charge in [-0.2, -0.15) is 0 Å². The van der Waals surface area contributed by atoms with Gasteiger partial charge < -0.3 is 15.6 Å². The van der Waals surface area contributed by atoms with Gasteiger partial charge in [-0.15, -0.1) is 0 Å². The molecule has 0 radical (unpaired) electrons. The summed E-state index contributed by atoms with van der Waals surface area (Å²) in [6.45, 7) is -0.596. The van der Waals surface area contributed by atoms with E-state index in [1.54, 1.807) is 0 Å². The highest BCUT2D eigenvalue weighted by Gasteiger charge is 2.18. The van der Waals surface area contributed by atoms with Crippen LogP contribution in [0.2, 0.25) is 0 Å². The lowest BCUT2D eigenvalue weighted by Crippen LogP contribution is -2.36. The van der Waals surface area contributed by atoms with Crippen LogP contribution in [0.3, 0.4) is 0 Å². The molecule has 0 heterocycles. The number of esters is 1. The second-order valence-corrected chi connectivity index (χ2v) is 2.78. The van der Waals surface area contributed by atoms with E-state index in [4.69, 9.17) is 10.8 Å². The van der Waals surface area contributed by atoms with Gasteiger partial charge in [-0.25, -0.2) is 19.4 Å². The Labute approximate surface area is 95.3 Å². The van der Waals surface area contributed by atoms with Gasteiger partial charge in [0.1, 0.15) is 6.04 Å². The molecular weight excluding hydrogens is 238 g/mol. The third kappa shape index (κ3) is 6.22. The summed E-state index contributed by atoms with van der Waals surface area (Å²) in [7, 11) is 0. The SMILES string of the molecule is CC(=O)C(=O)OOC(=O)COC(=O)C(N)CO. The second-order valence-electron chi connectivity index (χ2n) is 2.78. The molecule has 0 aliphatic heterocycles. The Bertz CT molecular complexity index is 325. The third-order valence-corrected chi connectivity index (χ3v) is 1.33. The van der Waals surface area contributed by atoms with Crippen molar-refractivity contribution in [2.45, 2.75) is 13.0 Å².